The summed E-state index contributed by atoms with van der Waals surface area (Å²) in [6.45, 7) is 10.2. The number of rotatable bonds is 3. The van der Waals surface area contributed by atoms with Crippen LogP contribution in [0.3, 0.4) is 0 Å². The monoisotopic (exact) mass is 226 g/mol. The Kier molecular flexibility index (Phi) is 4.22. The average Bonchev–Trinajstić information content (AvgIpc) is 2.57. The van der Waals surface area contributed by atoms with Crippen molar-refractivity contribution in [3.63, 3.8) is 0 Å². The first-order valence-corrected chi connectivity index (χ1v) is 6.81. The van der Waals surface area contributed by atoms with Crippen LogP contribution in [0.15, 0.2) is 0 Å². The fraction of sp³-hybridized carbons (Fsp3) is 1.00. The van der Waals surface area contributed by atoms with Gasteiger partial charge in [0.05, 0.1) is 5.60 Å². The minimum Gasteiger partial charge on any atom is -0.374 e. The first-order valence-electron chi connectivity index (χ1n) is 6.81. The van der Waals surface area contributed by atoms with Crippen molar-refractivity contribution >= 4 is 0 Å². The third kappa shape index (κ3) is 3.19. The number of hydrogen-bond acceptors (Lipinski definition) is 3. The number of nitrogens with one attached hydrogen (secondary N) is 1. The molecule has 0 saturated carbocycles. The summed E-state index contributed by atoms with van der Waals surface area (Å²) >= 11 is 0. The first-order chi connectivity index (χ1) is 7.72. The lowest BCUT2D eigenvalue weighted by atomic mass is 10.0. The lowest BCUT2D eigenvalue weighted by Gasteiger charge is -2.30. The average molecular weight is 226 g/mol. The molecule has 3 heteroatoms. The Morgan fingerprint density at radius 1 is 1.44 bits per heavy atom. The standard InChI is InChI=1S/C13H26N2O/c1-3-12-5-8-15(9-7-14-12)11-13(2)6-4-10-16-13/h12,14H,3-11H2,1-2H3. The SMILES string of the molecule is CCC1CCN(CC2(C)CCCO2)CCN1. The van der Waals surface area contributed by atoms with Crippen LogP contribution in [0.5, 0.6) is 0 Å². The summed E-state index contributed by atoms with van der Waals surface area (Å²) < 4.78 is 5.88. The molecule has 94 valence electrons. The fourth-order valence-corrected chi connectivity index (χ4v) is 2.92. The summed E-state index contributed by atoms with van der Waals surface area (Å²) in [4.78, 5) is 2.58. The Labute approximate surface area is 99.5 Å². The highest BCUT2D eigenvalue weighted by Crippen LogP contribution is 2.26. The van der Waals surface area contributed by atoms with E-state index in [-0.39, 0.29) is 5.60 Å². The molecule has 0 bridgehead atoms. The first kappa shape index (κ1) is 12.3. The summed E-state index contributed by atoms with van der Waals surface area (Å²) in [6, 6.07) is 0.724. The summed E-state index contributed by atoms with van der Waals surface area (Å²) in [5.41, 5.74) is 0.131. The van der Waals surface area contributed by atoms with E-state index in [0.29, 0.717) is 0 Å². The van der Waals surface area contributed by atoms with Crippen molar-refractivity contribution in [2.45, 2.75) is 51.2 Å². The highest BCUT2D eigenvalue weighted by molar-refractivity contribution is 4.85. The highest BCUT2D eigenvalue weighted by atomic mass is 16.5. The Morgan fingerprint density at radius 2 is 2.31 bits per heavy atom. The van der Waals surface area contributed by atoms with Gasteiger partial charge in [0.25, 0.3) is 0 Å². The molecule has 2 unspecified atom stereocenters. The van der Waals surface area contributed by atoms with Gasteiger partial charge in [0.15, 0.2) is 0 Å². The van der Waals surface area contributed by atoms with E-state index in [2.05, 4.69) is 24.1 Å². The Balaban J connectivity index is 1.81. The molecule has 0 aliphatic carbocycles. The van der Waals surface area contributed by atoms with Gasteiger partial charge < -0.3 is 10.1 Å². The highest BCUT2D eigenvalue weighted by Gasteiger charge is 2.32. The maximum Gasteiger partial charge on any atom is 0.0781 e. The largest absolute Gasteiger partial charge is 0.374 e. The minimum atomic E-state index is 0.131. The van der Waals surface area contributed by atoms with Gasteiger partial charge in [-0.05, 0) is 39.2 Å². The van der Waals surface area contributed by atoms with Crippen molar-refractivity contribution in [3.05, 3.63) is 0 Å². The van der Waals surface area contributed by atoms with Crippen LogP contribution in [0, 0.1) is 0 Å². The van der Waals surface area contributed by atoms with E-state index in [1.165, 1.54) is 38.8 Å². The molecule has 2 aliphatic rings. The molecular formula is C13H26N2O. The molecule has 0 aromatic rings. The second-order valence-corrected chi connectivity index (χ2v) is 5.53. The van der Waals surface area contributed by atoms with Crippen molar-refractivity contribution in [1.29, 1.82) is 0 Å². The maximum atomic E-state index is 5.88. The van der Waals surface area contributed by atoms with Gasteiger partial charge in [-0.2, -0.15) is 0 Å². The van der Waals surface area contributed by atoms with Gasteiger partial charge in [-0.15, -0.1) is 0 Å². The normalized spacial score (nSPS) is 37.5. The minimum absolute atomic E-state index is 0.131. The van der Waals surface area contributed by atoms with E-state index < -0.39 is 0 Å². The molecule has 0 amide bonds. The zero-order valence-electron chi connectivity index (χ0n) is 10.8. The molecule has 1 N–H and O–H groups in total. The van der Waals surface area contributed by atoms with Gasteiger partial charge in [0.1, 0.15) is 0 Å². The summed E-state index contributed by atoms with van der Waals surface area (Å²) in [5.74, 6) is 0. The van der Waals surface area contributed by atoms with E-state index in [0.717, 1.165) is 25.7 Å². The van der Waals surface area contributed by atoms with E-state index in [1.807, 2.05) is 0 Å². The third-order valence-corrected chi connectivity index (χ3v) is 4.01. The fourth-order valence-electron chi connectivity index (χ4n) is 2.92. The molecule has 2 atom stereocenters. The van der Waals surface area contributed by atoms with Crippen LogP contribution >= 0.6 is 0 Å². The summed E-state index contributed by atoms with van der Waals surface area (Å²) in [5, 5.41) is 3.62. The van der Waals surface area contributed by atoms with E-state index in [9.17, 15) is 0 Å². The molecule has 0 aromatic carbocycles. The second-order valence-electron chi connectivity index (χ2n) is 5.53. The van der Waals surface area contributed by atoms with Crippen LogP contribution in [0.4, 0.5) is 0 Å². The van der Waals surface area contributed by atoms with Crippen molar-refractivity contribution in [1.82, 2.24) is 10.2 Å². The van der Waals surface area contributed by atoms with Gasteiger partial charge in [0, 0.05) is 32.3 Å². The lowest BCUT2D eigenvalue weighted by molar-refractivity contribution is -0.00765. The van der Waals surface area contributed by atoms with Crippen LogP contribution in [0.2, 0.25) is 0 Å². The summed E-state index contributed by atoms with van der Waals surface area (Å²) in [6.07, 6.45) is 5.00. The molecule has 2 heterocycles. The predicted octanol–water partition coefficient (Wildman–Crippen LogP) is 1.63. The number of nitrogens with zero attached hydrogens (tertiary/aromatic N) is 1. The molecule has 0 aromatic heterocycles. The van der Waals surface area contributed by atoms with E-state index >= 15 is 0 Å². The van der Waals surface area contributed by atoms with E-state index in [4.69, 9.17) is 4.74 Å². The molecular weight excluding hydrogens is 200 g/mol. The van der Waals surface area contributed by atoms with Crippen LogP contribution in [0.1, 0.15) is 39.5 Å². The molecule has 2 fully saturated rings. The van der Waals surface area contributed by atoms with Crippen LogP contribution in [-0.2, 0) is 4.74 Å². The van der Waals surface area contributed by atoms with Crippen molar-refractivity contribution in [2.24, 2.45) is 0 Å². The smallest absolute Gasteiger partial charge is 0.0781 e. The molecule has 2 aliphatic heterocycles. The van der Waals surface area contributed by atoms with Crippen molar-refractivity contribution in [3.8, 4) is 0 Å². The zero-order chi connectivity index (χ0) is 11.4. The Bertz CT molecular complexity index is 214. The van der Waals surface area contributed by atoms with Crippen LogP contribution in [0.25, 0.3) is 0 Å². The molecule has 2 rings (SSSR count). The van der Waals surface area contributed by atoms with Gasteiger partial charge in [-0.3, -0.25) is 4.90 Å². The Morgan fingerprint density at radius 3 is 3.00 bits per heavy atom. The molecule has 3 nitrogen and oxygen atoms in total. The van der Waals surface area contributed by atoms with Gasteiger partial charge >= 0.3 is 0 Å². The van der Waals surface area contributed by atoms with E-state index in [1.54, 1.807) is 0 Å². The van der Waals surface area contributed by atoms with Crippen molar-refractivity contribution in [2.75, 3.05) is 32.8 Å². The van der Waals surface area contributed by atoms with Crippen molar-refractivity contribution < 1.29 is 4.74 Å². The molecule has 0 spiro atoms. The predicted molar refractivity (Wildman–Crippen MR) is 66.7 cm³/mol. The summed E-state index contributed by atoms with van der Waals surface area (Å²) in [7, 11) is 0. The van der Waals surface area contributed by atoms with Gasteiger partial charge in [0.2, 0.25) is 0 Å². The Hall–Kier alpha value is -0.120. The topological polar surface area (TPSA) is 24.5 Å². The van der Waals surface area contributed by atoms with Gasteiger partial charge in [-0.25, -0.2) is 0 Å². The number of ether oxygens (including phenoxy) is 1. The van der Waals surface area contributed by atoms with Crippen LogP contribution in [-0.4, -0.2) is 49.3 Å². The second kappa shape index (κ2) is 5.48. The zero-order valence-corrected chi connectivity index (χ0v) is 10.8. The molecule has 16 heavy (non-hydrogen) atoms. The quantitative estimate of drug-likeness (QED) is 0.791. The molecule has 2 saturated heterocycles. The lowest BCUT2D eigenvalue weighted by Crippen LogP contribution is -2.41. The number of hydrogen-bond donors (Lipinski definition) is 1. The van der Waals surface area contributed by atoms with Crippen LogP contribution < -0.4 is 5.32 Å². The van der Waals surface area contributed by atoms with Gasteiger partial charge in [-0.1, -0.05) is 6.92 Å². The third-order valence-electron chi connectivity index (χ3n) is 4.01. The molecule has 0 radical (unpaired) electrons. The maximum absolute atomic E-state index is 5.88.